The van der Waals surface area contributed by atoms with E-state index in [1.54, 1.807) is 36.0 Å². The molecule has 3 heteroatoms. The van der Waals surface area contributed by atoms with Crippen LogP contribution >= 0.6 is 23.4 Å². The Morgan fingerprint density at radius 1 is 1.06 bits per heavy atom. The first kappa shape index (κ1) is 13.2. The summed E-state index contributed by atoms with van der Waals surface area (Å²) in [7, 11) is 0. The molecule has 0 saturated heterocycles. The summed E-state index contributed by atoms with van der Waals surface area (Å²) in [5.41, 5.74) is 1.92. The van der Waals surface area contributed by atoms with Gasteiger partial charge in [0.15, 0.2) is 5.78 Å². The summed E-state index contributed by atoms with van der Waals surface area (Å²) in [6.07, 6.45) is 0. The van der Waals surface area contributed by atoms with Gasteiger partial charge in [-0.15, -0.1) is 11.8 Å². The number of hydrogen-bond acceptors (Lipinski definition) is 2. The fourth-order valence-electron chi connectivity index (χ4n) is 1.58. The Balaban J connectivity index is 1.86. The molecule has 18 heavy (non-hydrogen) atoms. The van der Waals surface area contributed by atoms with Gasteiger partial charge in [0.05, 0.1) is 5.75 Å². The highest BCUT2D eigenvalue weighted by molar-refractivity contribution is 7.99. The van der Waals surface area contributed by atoms with Gasteiger partial charge < -0.3 is 0 Å². The Morgan fingerprint density at radius 3 is 2.56 bits per heavy atom. The molecule has 0 aliphatic rings. The van der Waals surface area contributed by atoms with Crippen LogP contribution in [0.4, 0.5) is 0 Å². The van der Waals surface area contributed by atoms with Crippen LogP contribution in [0.3, 0.4) is 0 Å². The van der Waals surface area contributed by atoms with Crippen LogP contribution in [-0.2, 0) is 5.75 Å². The van der Waals surface area contributed by atoms with Crippen LogP contribution in [0, 0.1) is 0 Å². The SMILES string of the molecule is O=C(CSCc1ccccc1)c1cccc(Cl)c1. The van der Waals surface area contributed by atoms with Gasteiger partial charge in [-0.2, -0.15) is 0 Å². The summed E-state index contributed by atoms with van der Waals surface area (Å²) < 4.78 is 0. The van der Waals surface area contributed by atoms with Crippen LogP contribution < -0.4 is 0 Å². The maximum absolute atomic E-state index is 11.9. The van der Waals surface area contributed by atoms with Crippen LogP contribution in [0.1, 0.15) is 15.9 Å². The van der Waals surface area contributed by atoms with E-state index in [0.29, 0.717) is 16.3 Å². The van der Waals surface area contributed by atoms with Gasteiger partial charge in [-0.05, 0) is 17.7 Å². The van der Waals surface area contributed by atoms with Crippen LogP contribution in [0.5, 0.6) is 0 Å². The highest BCUT2D eigenvalue weighted by Crippen LogP contribution is 2.16. The van der Waals surface area contributed by atoms with Gasteiger partial charge in [-0.3, -0.25) is 4.79 Å². The van der Waals surface area contributed by atoms with Crippen molar-refractivity contribution in [2.24, 2.45) is 0 Å². The van der Waals surface area contributed by atoms with Gasteiger partial charge in [0.2, 0.25) is 0 Å². The third-order valence-electron chi connectivity index (χ3n) is 2.49. The van der Waals surface area contributed by atoms with Crippen molar-refractivity contribution in [2.45, 2.75) is 5.75 Å². The van der Waals surface area contributed by atoms with Crippen LogP contribution in [-0.4, -0.2) is 11.5 Å². The number of rotatable bonds is 5. The molecule has 0 heterocycles. The fraction of sp³-hybridized carbons (Fsp3) is 0.133. The van der Waals surface area contributed by atoms with Crippen LogP contribution in [0.2, 0.25) is 5.02 Å². The summed E-state index contributed by atoms with van der Waals surface area (Å²) >= 11 is 7.48. The molecule has 1 nitrogen and oxygen atoms in total. The number of carbonyl (C=O) groups is 1. The van der Waals surface area contributed by atoms with Gasteiger partial charge in [0.1, 0.15) is 0 Å². The third kappa shape index (κ3) is 3.90. The quantitative estimate of drug-likeness (QED) is 0.750. The Kier molecular flexibility index (Phi) is 4.85. The second-order valence-corrected chi connectivity index (χ2v) is 5.33. The van der Waals surface area contributed by atoms with Gasteiger partial charge in [0, 0.05) is 16.3 Å². The summed E-state index contributed by atoms with van der Waals surface area (Å²) in [5, 5.41) is 0.605. The van der Waals surface area contributed by atoms with Crippen molar-refractivity contribution in [3.63, 3.8) is 0 Å². The zero-order valence-electron chi connectivity index (χ0n) is 9.80. The van der Waals surface area contributed by atoms with E-state index in [1.165, 1.54) is 5.56 Å². The van der Waals surface area contributed by atoms with Gasteiger partial charge in [-0.1, -0.05) is 54.1 Å². The largest absolute Gasteiger partial charge is 0.293 e. The lowest BCUT2D eigenvalue weighted by atomic mass is 10.1. The lowest BCUT2D eigenvalue weighted by Crippen LogP contribution is -2.02. The number of halogens is 1. The molecule has 0 spiro atoms. The molecular formula is C15H13ClOS. The molecule has 0 aliphatic heterocycles. The molecule has 0 bridgehead atoms. The Labute approximate surface area is 116 Å². The molecular weight excluding hydrogens is 264 g/mol. The Hall–Kier alpha value is -1.25. The second kappa shape index (κ2) is 6.62. The van der Waals surface area contributed by atoms with Crippen LogP contribution in [0.25, 0.3) is 0 Å². The van der Waals surface area contributed by atoms with E-state index in [1.807, 2.05) is 18.2 Å². The minimum absolute atomic E-state index is 0.124. The van der Waals surface area contributed by atoms with Crippen molar-refractivity contribution < 1.29 is 4.79 Å². The van der Waals surface area contributed by atoms with Crippen LogP contribution in [0.15, 0.2) is 54.6 Å². The predicted octanol–water partition coefficient (Wildman–Crippen LogP) is 4.46. The lowest BCUT2D eigenvalue weighted by molar-refractivity contribution is 0.102. The average molecular weight is 277 g/mol. The molecule has 0 unspecified atom stereocenters. The number of benzene rings is 2. The van der Waals surface area contributed by atoms with Gasteiger partial charge in [-0.25, -0.2) is 0 Å². The summed E-state index contributed by atoms with van der Waals surface area (Å²) in [6, 6.07) is 17.2. The van der Waals surface area contributed by atoms with Crippen molar-refractivity contribution in [1.82, 2.24) is 0 Å². The molecule has 0 atom stereocenters. The van der Waals surface area contributed by atoms with E-state index < -0.39 is 0 Å². The second-order valence-electron chi connectivity index (χ2n) is 3.91. The van der Waals surface area contributed by atoms with E-state index in [2.05, 4.69) is 12.1 Å². The monoisotopic (exact) mass is 276 g/mol. The molecule has 2 aromatic rings. The standard InChI is InChI=1S/C15H13ClOS/c16-14-8-4-7-13(9-14)15(17)11-18-10-12-5-2-1-3-6-12/h1-9H,10-11H2. The number of thioether (sulfide) groups is 1. The van der Waals surface area contributed by atoms with E-state index in [-0.39, 0.29) is 5.78 Å². The predicted molar refractivity (Wildman–Crippen MR) is 78.4 cm³/mol. The van der Waals surface area contributed by atoms with Crippen molar-refractivity contribution in [1.29, 1.82) is 0 Å². The molecule has 2 rings (SSSR count). The zero-order chi connectivity index (χ0) is 12.8. The molecule has 0 radical (unpaired) electrons. The van der Waals surface area contributed by atoms with E-state index in [4.69, 9.17) is 11.6 Å². The number of Topliss-reactive ketones (excluding diaryl/α,β-unsaturated/α-hetero) is 1. The summed E-state index contributed by atoms with van der Waals surface area (Å²) in [4.78, 5) is 11.9. The molecule has 0 N–H and O–H groups in total. The minimum Gasteiger partial charge on any atom is -0.293 e. The molecule has 0 saturated carbocycles. The highest BCUT2D eigenvalue weighted by atomic mass is 35.5. The molecule has 2 aromatic carbocycles. The molecule has 0 amide bonds. The third-order valence-corrected chi connectivity index (χ3v) is 3.73. The molecule has 0 fully saturated rings. The molecule has 92 valence electrons. The first-order chi connectivity index (χ1) is 8.75. The lowest BCUT2D eigenvalue weighted by Gasteiger charge is -2.02. The maximum Gasteiger partial charge on any atom is 0.172 e. The minimum atomic E-state index is 0.124. The average Bonchev–Trinajstić information content (AvgIpc) is 2.40. The van der Waals surface area contributed by atoms with Crippen molar-refractivity contribution >= 4 is 29.1 Å². The van der Waals surface area contributed by atoms with Gasteiger partial charge in [0.25, 0.3) is 0 Å². The Bertz CT molecular complexity index is 525. The maximum atomic E-state index is 11.9. The Morgan fingerprint density at radius 2 is 1.83 bits per heavy atom. The fourth-order valence-corrected chi connectivity index (χ4v) is 2.65. The number of ketones is 1. The first-order valence-corrected chi connectivity index (χ1v) is 7.19. The number of hydrogen-bond donors (Lipinski definition) is 0. The smallest absolute Gasteiger partial charge is 0.172 e. The van der Waals surface area contributed by atoms with E-state index in [9.17, 15) is 4.79 Å². The normalized spacial score (nSPS) is 10.3. The number of carbonyl (C=O) groups excluding carboxylic acids is 1. The van der Waals surface area contributed by atoms with E-state index in [0.717, 1.165) is 5.75 Å². The van der Waals surface area contributed by atoms with Crippen molar-refractivity contribution in [3.8, 4) is 0 Å². The first-order valence-electron chi connectivity index (χ1n) is 5.66. The van der Waals surface area contributed by atoms with Crippen molar-refractivity contribution in [3.05, 3.63) is 70.7 Å². The molecule has 0 aliphatic carbocycles. The topological polar surface area (TPSA) is 17.1 Å². The van der Waals surface area contributed by atoms with E-state index >= 15 is 0 Å². The zero-order valence-corrected chi connectivity index (χ0v) is 11.4. The van der Waals surface area contributed by atoms with Crippen molar-refractivity contribution in [2.75, 3.05) is 5.75 Å². The summed E-state index contributed by atoms with van der Waals surface area (Å²) in [6.45, 7) is 0. The van der Waals surface area contributed by atoms with Gasteiger partial charge >= 0.3 is 0 Å². The molecule has 0 aromatic heterocycles. The highest BCUT2D eigenvalue weighted by Gasteiger charge is 2.06. The summed E-state index contributed by atoms with van der Waals surface area (Å²) in [5.74, 6) is 1.46.